The van der Waals surface area contributed by atoms with Crippen LogP contribution in [0.4, 0.5) is 0 Å². The van der Waals surface area contributed by atoms with E-state index in [2.05, 4.69) is 13.8 Å². The molecule has 0 aliphatic carbocycles. The van der Waals surface area contributed by atoms with Gasteiger partial charge in [-0.1, -0.05) is 13.8 Å². The van der Waals surface area contributed by atoms with Crippen LogP contribution >= 0.6 is 8.58 Å². The van der Waals surface area contributed by atoms with Gasteiger partial charge in [-0.2, -0.15) is 0 Å². The quantitative estimate of drug-likeness (QED) is 0.572. The number of carbonyl (C=O) groups is 1. The number of hydrogen-bond acceptors (Lipinski definition) is 4. The van der Waals surface area contributed by atoms with Crippen LogP contribution in [0, 0.1) is 5.92 Å². The predicted molar refractivity (Wildman–Crippen MR) is 84.2 cm³/mol. The standard InChI is InChI=1S/C14H21O4P.Li/c1-9(2)8-19-14(15)13-11(17-4)6-10(16-3)7-12(13)18-5;/h6-7,9,19H,8H2,1-5H3;. The van der Waals surface area contributed by atoms with Crippen LogP contribution in [0.1, 0.15) is 24.2 Å². The normalized spacial score (nSPS) is 10.5. The van der Waals surface area contributed by atoms with Gasteiger partial charge in [0.25, 0.3) is 0 Å². The zero-order valence-corrected chi connectivity index (χ0v) is 14.1. The van der Waals surface area contributed by atoms with Gasteiger partial charge in [0.05, 0.1) is 21.3 Å². The van der Waals surface area contributed by atoms with Gasteiger partial charge in [0.1, 0.15) is 22.8 Å². The third kappa shape index (κ3) is 5.02. The molecule has 0 fully saturated rings. The number of ether oxygens (including phenoxy) is 3. The zero-order chi connectivity index (χ0) is 14.4. The number of hydrogen-bond donors (Lipinski definition) is 0. The maximum Gasteiger partial charge on any atom is 0.188 e. The van der Waals surface area contributed by atoms with E-state index in [9.17, 15) is 4.79 Å². The number of benzene rings is 1. The summed E-state index contributed by atoms with van der Waals surface area (Å²) in [6.45, 7) is 4.20. The van der Waals surface area contributed by atoms with Crippen molar-refractivity contribution < 1.29 is 19.0 Å². The molecule has 0 aromatic heterocycles. The first-order chi connectivity index (χ1) is 9.03. The van der Waals surface area contributed by atoms with E-state index in [1.54, 1.807) is 19.2 Å². The summed E-state index contributed by atoms with van der Waals surface area (Å²) < 4.78 is 15.7. The largest absolute Gasteiger partial charge is 0.496 e. The van der Waals surface area contributed by atoms with Crippen molar-refractivity contribution in [1.29, 1.82) is 0 Å². The van der Waals surface area contributed by atoms with Crippen molar-refractivity contribution in [2.24, 2.45) is 5.92 Å². The Bertz CT molecular complexity index is 424. The molecule has 1 unspecified atom stereocenters. The summed E-state index contributed by atoms with van der Waals surface area (Å²) in [5.41, 5.74) is 0.565. The van der Waals surface area contributed by atoms with Gasteiger partial charge in [-0.3, -0.25) is 4.79 Å². The van der Waals surface area contributed by atoms with Crippen molar-refractivity contribution in [2.75, 3.05) is 27.5 Å². The van der Waals surface area contributed by atoms with Gasteiger partial charge in [-0.05, 0) is 20.7 Å². The Morgan fingerprint density at radius 3 is 1.95 bits per heavy atom. The third-order valence-electron chi connectivity index (χ3n) is 2.61. The molecule has 1 radical (unpaired) electrons. The molecule has 0 bridgehead atoms. The fourth-order valence-corrected chi connectivity index (χ4v) is 2.63. The molecule has 20 heavy (non-hydrogen) atoms. The Morgan fingerprint density at radius 1 is 1.10 bits per heavy atom. The Morgan fingerprint density at radius 2 is 1.60 bits per heavy atom. The van der Waals surface area contributed by atoms with Crippen LogP contribution in [0.15, 0.2) is 12.1 Å². The molecule has 107 valence electrons. The van der Waals surface area contributed by atoms with Crippen molar-refractivity contribution in [2.45, 2.75) is 13.8 Å². The molecule has 0 heterocycles. The number of rotatable bonds is 7. The third-order valence-corrected chi connectivity index (χ3v) is 4.20. The fourth-order valence-electron chi connectivity index (χ4n) is 1.61. The maximum atomic E-state index is 12.3. The van der Waals surface area contributed by atoms with Gasteiger partial charge < -0.3 is 14.2 Å². The Hall–Kier alpha value is -0.683. The van der Waals surface area contributed by atoms with Crippen LogP contribution in [0.3, 0.4) is 0 Å². The van der Waals surface area contributed by atoms with E-state index in [4.69, 9.17) is 14.2 Å². The van der Waals surface area contributed by atoms with Gasteiger partial charge in [0.2, 0.25) is 0 Å². The summed E-state index contributed by atoms with van der Waals surface area (Å²) in [6, 6.07) is 3.41. The first-order valence-corrected chi connectivity index (χ1v) is 7.32. The van der Waals surface area contributed by atoms with Crippen molar-refractivity contribution in [1.82, 2.24) is 0 Å². The predicted octanol–water partition coefficient (Wildman–Crippen LogP) is 2.81. The van der Waals surface area contributed by atoms with Crippen molar-refractivity contribution in [3.8, 4) is 17.2 Å². The average molecular weight is 291 g/mol. The Labute approximate surface area is 134 Å². The minimum Gasteiger partial charge on any atom is -0.496 e. The number of methoxy groups -OCH3 is 3. The summed E-state index contributed by atoms with van der Waals surface area (Å²) in [5, 5.41) is 0. The van der Waals surface area contributed by atoms with Gasteiger partial charge in [-0.25, -0.2) is 0 Å². The molecule has 1 aromatic rings. The summed E-state index contributed by atoms with van der Waals surface area (Å²) in [6.07, 6.45) is 0.872. The molecular formula is C14H21LiO4P. The minimum atomic E-state index is 0. The second-order valence-electron chi connectivity index (χ2n) is 4.51. The molecule has 4 nitrogen and oxygen atoms in total. The van der Waals surface area contributed by atoms with E-state index in [0.717, 1.165) is 6.16 Å². The van der Waals surface area contributed by atoms with Crippen molar-refractivity contribution >= 4 is 33.0 Å². The molecule has 0 N–H and O–H groups in total. The summed E-state index contributed by atoms with van der Waals surface area (Å²) in [7, 11) is 4.86. The van der Waals surface area contributed by atoms with E-state index >= 15 is 0 Å². The van der Waals surface area contributed by atoms with Crippen LogP contribution in [0.2, 0.25) is 0 Å². The summed E-state index contributed by atoms with van der Waals surface area (Å²) in [4.78, 5) is 12.3. The maximum absolute atomic E-state index is 12.3. The topological polar surface area (TPSA) is 44.8 Å². The monoisotopic (exact) mass is 291 g/mol. The van der Waals surface area contributed by atoms with Crippen LogP contribution in [0.25, 0.3) is 0 Å². The molecule has 0 spiro atoms. The van der Waals surface area contributed by atoms with Crippen molar-refractivity contribution in [3.05, 3.63) is 17.7 Å². The first kappa shape index (κ1) is 19.3. The summed E-state index contributed by atoms with van der Waals surface area (Å²) >= 11 is 0. The van der Waals surface area contributed by atoms with E-state index in [1.807, 2.05) is 0 Å². The van der Waals surface area contributed by atoms with E-state index in [1.165, 1.54) is 14.2 Å². The second kappa shape index (κ2) is 9.29. The molecular weight excluding hydrogens is 270 g/mol. The molecule has 0 aliphatic rings. The SMILES string of the molecule is COc1cc(OC)c(C(=O)PCC(C)C)c(OC)c1.[Li]. The molecule has 1 rings (SSSR count). The smallest absolute Gasteiger partial charge is 0.188 e. The van der Waals surface area contributed by atoms with Crippen LogP contribution in [-0.4, -0.2) is 51.9 Å². The fraction of sp³-hybridized carbons (Fsp3) is 0.500. The van der Waals surface area contributed by atoms with Gasteiger partial charge in [-0.15, -0.1) is 0 Å². The summed E-state index contributed by atoms with van der Waals surface area (Å²) in [5.74, 6) is 2.10. The van der Waals surface area contributed by atoms with E-state index < -0.39 is 0 Å². The molecule has 0 amide bonds. The van der Waals surface area contributed by atoms with Gasteiger partial charge in [0.15, 0.2) is 5.52 Å². The van der Waals surface area contributed by atoms with Crippen molar-refractivity contribution in [3.63, 3.8) is 0 Å². The van der Waals surface area contributed by atoms with Crippen LogP contribution < -0.4 is 14.2 Å². The van der Waals surface area contributed by atoms with Gasteiger partial charge >= 0.3 is 0 Å². The zero-order valence-electron chi connectivity index (χ0n) is 13.1. The first-order valence-electron chi connectivity index (χ1n) is 6.11. The minimum absolute atomic E-state index is 0. The molecule has 0 aliphatic heterocycles. The molecule has 1 atom stereocenters. The molecule has 0 saturated heterocycles. The molecule has 1 aromatic carbocycles. The van der Waals surface area contributed by atoms with Crippen LogP contribution in [0.5, 0.6) is 17.2 Å². The Balaban J connectivity index is 0.00000361. The number of carbonyl (C=O) groups excluding carboxylic acids is 1. The Kier molecular flexibility index (Phi) is 8.97. The molecule has 0 saturated carbocycles. The molecule has 6 heteroatoms. The van der Waals surface area contributed by atoms with E-state index in [0.29, 0.717) is 28.7 Å². The second-order valence-corrected chi connectivity index (χ2v) is 5.73. The van der Waals surface area contributed by atoms with Gasteiger partial charge in [0, 0.05) is 31.0 Å². The van der Waals surface area contributed by atoms with Crippen LogP contribution in [-0.2, 0) is 0 Å². The van der Waals surface area contributed by atoms with E-state index in [-0.39, 0.29) is 33.0 Å². The average Bonchev–Trinajstić information content (AvgIpc) is 2.42.